The van der Waals surface area contributed by atoms with E-state index in [-0.39, 0.29) is 24.2 Å². The third-order valence-corrected chi connectivity index (χ3v) is 5.27. The third-order valence-electron chi connectivity index (χ3n) is 5.27. The molecule has 0 aliphatic heterocycles. The zero-order valence-electron chi connectivity index (χ0n) is 18.4. The Kier molecular flexibility index (Phi) is 6.90. The van der Waals surface area contributed by atoms with Crippen LogP contribution in [0.2, 0.25) is 0 Å². The summed E-state index contributed by atoms with van der Waals surface area (Å²) in [6.07, 6.45) is 1.69. The number of aryl methyl sites for hydroxylation is 1. The highest BCUT2D eigenvalue weighted by Crippen LogP contribution is 2.27. The van der Waals surface area contributed by atoms with Crippen LogP contribution in [0.4, 0.5) is 0 Å². The summed E-state index contributed by atoms with van der Waals surface area (Å²) in [7, 11) is 1.33. The third kappa shape index (κ3) is 4.68. The first kappa shape index (κ1) is 22.3. The summed E-state index contributed by atoms with van der Waals surface area (Å²) in [5, 5.41) is 3.70. The average molecular weight is 421 g/mol. The maximum Gasteiger partial charge on any atom is 0.338 e. The van der Waals surface area contributed by atoms with Crippen molar-refractivity contribution in [1.82, 2.24) is 10.3 Å². The summed E-state index contributed by atoms with van der Waals surface area (Å²) in [5.41, 5.74) is 4.00. The van der Waals surface area contributed by atoms with Crippen LogP contribution in [-0.2, 0) is 17.7 Å². The summed E-state index contributed by atoms with van der Waals surface area (Å²) in [6, 6.07) is 12.3. The molecular formula is C25H28N2O4. The minimum absolute atomic E-state index is 0.103. The molecule has 6 heteroatoms. The predicted molar refractivity (Wildman–Crippen MR) is 120 cm³/mol. The summed E-state index contributed by atoms with van der Waals surface area (Å²) in [4.78, 5) is 40.8. The minimum Gasteiger partial charge on any atom is -0.465 e. The molecule has 6 nitrogen and oxygen atoms in total. The number of carbonyl (C=O) groups is 3. The lowest BCUT2D eigenvalue weighted by atomic mass is 9.96. The van der Waals surface area contributed by atoms with Crippen molar-refractivity contribution < 1.29 is 19.1 Å². The van der Waals surface area contributed by atoms with Crippen molar-refractivity contribution in [1.29, 1.82) is 0 Å². The molecule has 2 aromatic carbocycles. The Balaban J connectivity index is 1.86. The molecule has 0 fully saturated rings. The van der Waals surface area contributed by atoms with Gasteiger partial charge in [0, 0.05) is 40.2 Å². The molecule has 0 radical (unpaired) electrons. The Morgan fingerprint density at radius 3 is 2.52 bits per heavy atom. The van der Waals surface area contributed by atoms with Gasteiger partial charge in [0.05, 0.1) is 12.7 Å². The number of ketones is 1. The van der Waals surface area contributed by atoms with Gasteiger partial charge in [-0.05, 0) is 30.2 Å². The van der Waals surface area contributed by atoms with Crippen molar-refractivity contribution in [3.8, 4) is 0 Å². The number of benzene rings is 2. The number of nitrogens with one attached hydrogen (secondary N) is 2. The largest absolute Gasteiger partial charge is 0.465 e. The van der Waals surface area contributed by atoms with E-state index < -0.39 is 5.97 Å². The molecular weight excluding hydrogens is 392 g/mol. The highest BCUT2D eigenvalue weighted by atomic mass is 16.5. The van der Waals surface area contributed by atoms with Crippen LogP contribution in [-0.4, -0.2) is 29.8 Å². The van der Waals surface area contributed by atoms with Crippen LogP contribution in [0.1, 0.15) is 69.5 Å². The number of esters is 1. The van der Waals surface area contributed by atoms with Crippen LogP contribution >= 0.6 is 0 Å². The number of Topliss-reactive ketones (excluding diaryl/α,β-unsaturated/α-hetero) is 1. The summed E-state index contributed by atoms with van der Waals surface area (Å²) in [5.74, 6) is -0.702. The molecule has 0 spiro atoms. The van der Waals surface area contributed by atoms with E-state index in [9.17, 15) is 14.4 Å². The highest BCUT2D eigenvalue weighted by Gasteiger charge is 2.21. The van der Waals surface area contributed by atoms with Gasteiger partial charge in [-0.25, -0.2) is 4.79 Å². The van der Waals surface area contributed by atoms with E-state index >= 15 is 0 Å². The van der Waals surface area contributed by atoms with Gasteiger partial charge in [0.25, 0.3) is 5.91 Å². The summed E-state index contributed by atoms with van der Waals surface area (Å²) in [6.45, 7) is 6.06. The van der Waals surface area contributed by atoms with Gasteiger partial charge in [-0.3, -0.25) is 9.59 Å². The summed E-state index contributed by atoms with van der Waals surface area (Å²) >= 11 is 0. The molecule has 162 valence electrons. The topological polar surface area (TPSA) is 88.3 Å². The Morgan fingerprint density at radius 1 is 1.10 bits per heavy atom. The summed E-state index contributed by atoms with van der Waals surface area (Å²) < 4.78 is 4.80. The number of aromatic nitrogens is 1. The van der Waals surface area contributed by atoms with E-state index in [2.05, 4.69) is 17.2 Å². The molecule has 0 bridgehead atoms. The number of fused-ring (bicyclic) bond motifs is 1. The number of rotatable bonds is 8. The lowest BCUT2D eigenvalue weighted by molar-refractivity contribution is 0.0598. The van der Waals surface area contributed by atoms with Gasteiger partial charge >= 0.3 is 5.97 Å². The van der Waals surface area contributed by atoms with Crippen LogP contribution in [0.15, 0.2) is 42.5 Å². The molecule has 3 rings (SSSR count). The fraction of sp³-hybridized carbons (Fsp3) is 0.320. The minimum atomic E-state index is -0.441. The SMILES string of the molecule is CCCc1[nH]c2cc(C(=O)NCc3ccccc3C(=O)OC)ccc2c1C(=O)C(C)C. The van der Waals surface area contributed by atoms with Gasteiger partial charge < -0.3 is 15.0 Å². The fourth-order valence-corrected chi connectivity index (χ4v) is 3.66. The predicted octanol–water partition coefficient (Wildman–Crippen LogP) is 4.68. The molecule has 0 saturated carbocycles. The number of aromatic amines is 1. The maximum absolute atomic E-state index is 12.8. The van der Waals surface area contributed by atoms with Gasteiger partial charge in [0.2, 0.25) is 0 Å². The lowest BCUT2D eigenvalue weighted by Crippen LogP contribution is -2.24. The van der Waals surface area contributed by atoms with E-state index in [1.54, 1.807) is 36.4 Å². The maximum atomic E-state index is 12.8. The normalized spacial score (nSPS) is 11.0. The molecule has 2 N–H and O–H groups in total. The van der Waals surface area contributed by atoms with Crippen molar-refractivity contribution in [3.05, 3.63) is 70.4 Å². The smallest absolute Gasteiger partial charge is 0.338 e. The number of hydrogen-bond donors (Lipinski definition) is 2. The van der Waals surface area contributed by atoms with Crippen LogP contribution in [0.25, 0.3) is 10.9 Å². The van der Waals surface area contributed by atoms with E-state index in [0.29, 0.717) is 16.7 Å². The molecule has 0 aliphatic rings. The van der Waals surface area contributed by atoms with Crippen LogP contribution < -0.4 is 5.32 Å². The zero-order valence-corrected chi connectivity index (χ0v) is 18.4. The first-order chi connectivity index (χ1) is 14.9. The quantitative estimate of drug-likeness (QED) is 0.409. The highest BCUT2D eigenvalue weighted by molar-refractivity contribution is 6.11. The second kappa shape index (κ2) is 9.60. The Hall–Kier alpha value is -3.41. The average Bonchev–Trinajstić information content (AvgIpc) is 3.13. The van der Waals surface area contributed by atoms with Crippen LogP contribution in [0, 0.1) is 5.92 Å². The molecule has 1 aromatic heterocycles. The first-order valence-corrected chi connectivity index (χ1v) is 10.5. The molecule has 0 unspecified atom stereocenters. The number of carbonyl (C=O) groups excluding carboxylic acids is 3. The number of methoxy groups -OCH3 is 1. The van der Waals surface area contributed by atoms with Crippen LogP contribution in [0.3, 0.4) is 0 Å². The van der Waals surface area contributed by atoms with Crippen LogP contribution in [0.5, 0.6) is 0 Å². The molecule has 3 aromatic rings. The Labute approximate surface area is 182 Å². The van der Waals surface area contributed by atoms with Gasteiger partial charge in [-0.2, -0.15) is 0 Å². The molecule has 0 saturated heterocycles. The number of ether oxygens (including phenoxy) is 1. The second-order valence-electron chi connectivity index (χ2n) is 7.84. The number of H-pyrrole nitrogens is 1. The number of amides is 1. The van der Waals surface area contributed by atoms with E-state index in [1.165, 1.54) is 7.11 Å². The van der Waals surface area contributed by atoms with Gasteiger partial charge in [-0.1, -0.05) is 51.5 Å². The standard InChI is InChI=1S/C25H28N2O4/c1-5-8-20-22(23(28)15(2)3)19-12-11-16(13-21(19)27-20)24(29)26-14-17-9-6-7-10-18(17)25(30)31-4/h6-7,9-13,15,27H,5,8,14H2,1-4H3,(H,26,29). The van der Waals surface area contributed by atoms with E-state index in [0.717, 1.165) is 35.0 Å². The van der Waals surface area contributed by atoms with Crippen molar-refractivity contribution in [2.45, 2.75) is 40.2 Å². The van der Waals surface area contributed by atoms with Gasteiger partial charge in [0.15, 0.2) is 5.78 Å². The van der Waals surface area contributed by atoms with E-state index in [4.69, 9.17) is 4.74 Å². The zero-order chi connectivity index (χ0) is 22.5. The fourth-order valence-electron chi connectivity index (χ4n) is 3.66. The van der Waals surface area contributed by atoms with Crippen molar-refractivity contribution in [2.75, 3.05) is 7.11 Å². The van der Waals surface area contributed by atoms with E-state index in [1.807, 2.05) is 19.9 Å². The van der Waals surface area contributed by atoms with Crippen molar-refractivity contribution >= 4 is 28.6 Å². The first-order valence-electron chi connectivity index (χ1n) is 10.5. The number of hydrogen-bond acceptors (Lipinski definition) is 4. The lowest BCUT2D eigenvalue weighted by Gasteiger charge is -2.09. The molecule has 0 aliphatic carbocycles. The Bertz CT molecular complexity index is 1130. The molecule has 1 amide bonds. The van der Waals surface area contributed by atoms with Crippen molar-refractivity contribution in [2.24, 2.45) is 5.92 Å². The van der Waals surface area contributed by atoms with Crippen molar-refractivity contribution in [3.63, 3.8) is 0 Å². The molecule has 0 atom stereocenters. The molecule has 1 heterocycles. The second-order valence-corrected chi connectivity index (χ2v) is 7.84. The Morgan fingerprint density at radius 2 is 1.84 bits per heavy atom. The molecule has 31 heavy (non-hydrogen) atoms. The van der Waals surface area contributed by atoms with Gasteiger partial charge in [0.1, 0.15) is 0 Å². The van der Waals surface area contributed by atoms with Gasteiger partial charge in [-0.15, -0.1) is 0 Å². The monoisotopic (exact) mass is 420 g/mol.